The van der Waals surface area contributed by atoms with E-state index in [1.54, 1.807) is 30.3 Å². The Labute approximate surface area is 117 Å². The van der Waals surface area contributed by atoms with Crippen molar-refractivity contribution in [2.24, 2.45) is 0 Å². The first-order valence-corrected chi connectivity index (χ1v) is 6.19. The molecule has 0 fully saturated rings. The topological polar surface area (TPSA) is 35.8 Å². The van der Waals surface area contributed by atoms with Gasteiger partial charge in [0.05, 0.1) is 23.0 Å². The average Bonchev–Trinajstić information content (AvgIpc) is 2.34. The fourth-order valence-corrected chi connectivity index (χ4v) is 2.06. The molecule has 2 rings (SSSR count). The molecule has 0 unspecified atom stereocenters. The van der Waals surface area contributed by atoms with Gasteiger partial charge in [0, 0.05) is 9.50 Å². The van der Waals surface area contributed by atoms with E-state index in [1.807, 2.05) is 6.07 Å². The van der Waals surface area contributed by atoms with Crippen LogP contribution in [0.4, 0.5) is 15.8 Å². The molecule has 0 aromatic heterocycles. The number of nitrogens with zero attached hydrogens (tertiary/aromatic N) is 1. The van der Waals surface area contributed by atoms with Crippen LogP contribution in [0, 0.1) is 17.1 Å². The Kier molecular flexibility index (Phi) is 3.85. The lowest BCUT2D eigenvalue weighted by molar-refractivity contribution is 0.632. The van der Waals surface area contributed by atoms with Crippen LogP contribution in [-0.2, 0) is 0 Å². The fourth-order valence-electron chi connectivity index (χ4n) is 1.42. The lowest BCUT2D eigenvalue weighted by Crippen LogP contribution is -1.94. The Morgan fingerprint density at radius 3 is 2.50 bits per heavy atom. The van der Waals surface area contributed by atoms with E-state index >= 15 is 0 Å². The SMILES string of the molecule is N#Cc1ccc(Nc2ccc(Cl)cc2F)c(Br)c1. The minimum Gasteiger partial charge on any atom is -0.352 e. The second-order valence-electron chi connectivity index (χ2n) is 3.56. The maximum atomic E-state index is 13.6. The van der Waals surface area contributed by atoms with Crippen LogP contribution in [-0.4, -0.2) is 0 Å². The van der Waals surface area contributed by atoms with E-state index in [0.29, 0.717) is 26.4 Å². The molecule has 0 aliphatic rings. The molecule has 90 valence electrons. The summed E-state index contributed by atoms with van der Waals surface area (Å²) in [5, 5.41) is 12.0. The zero-order valence-electron chi connectivity index (χ0n) is 9.05. The number of hydrogen-bond donors (Lipinski definition) is 1. The molecular formula is C13H7BrClFN2. The lowest BCUT2D eigenvalue weighted by atomic mass is 10.2. The minimum absolute atomic E-state index is 0.324. The Hall–Kier alpha value is -1.57. The van der Waals surface area contributed by atoms with Crippen molar-refractivity contribution in [2.45, 2.75) is 0 Å². The number of nitrogens with one attached hydrogen (secondary N) is 1. The highest BCUT2D eigenvalue weighted by molar-refractivity contribution is 9.10. The fraction of sp³-hybridized carbons (Fsp3) is 0. The normalized spacial score (nSPS) is 9.89. The second kappa shape index (κ2) is 5.38. The largest absolute Gasteiger partial charge is 0.352 e. The Morgan fingerprint density at radius 2 is 1.89 bits per heavy atom. The van der Waals surface area contributed by atoms with Gasteiger partial charge >= 0.3 is 0 Å². The van der Waals surface area contributed by atoms with Gasteiger partial charge in [-0.2, -0.15) is 5.26 Å². The quantitative estimate of drug-likeness (QED) is 0.856. The van der Waals surface area contributed by atoms with Crippen molar-refractivity contribution in [2.75, 3.05) is 5.32 Å². The number of hydrogen-bond acceptors (Lipinski definition) is 2. The van der Waals surface area contributed by atoms with Crippen molar-refractivity contribution >= 4 is 38.9 Å². The molecule has 0 aliphatic heterocycles. The predicted octanol–water partition coefficient (Wildman–Crippen LogP) is 4.86. The van der Waals surface area contributed by atoms with Crippen molar-refractivity contribution < 1.29 is 4.39 Å². The summed E-state index contributed by atoms with van der Waals surface area (Å²) in [6, 6.07) is 11.4. The van der Waals surface area contributed by atoms with Crippen LogP contribution >= 0.6 is 27.5 Å². The molecule has 0 radical (unpaired) electrons. The zero-order chi connectivity index (χ0) is 13.1. The summed E-state index contributed by atoms with van der Waals surface area (Å²) in [6.45, 7) is 0. The molecule has 2 aromatic carbocycles. The van der Waals surface area contributed by atoms with Gasteiger partial charge in [0.15, 0.2) is 0 Å². The highest BCUT2D eigenvalue weighted by atomic mass is 79.9. The average molecular weight is 326 g/mol. The summed E-state index contributed by atoms with van der Waals surface area (Å²) >= 11 is 9.00. The van der Waals surface area contributed by atoms with E-state index in [0.717, 1.165) is 0 Å². The van der Waals surface area contributed by atoms with Crippen molar-refractivity contribution in [1.29, 1.82) is 5.26 Å². The van der Waals surface area contributed by atoms with Gasteiger partial charge in [-0.15, -0.1) is 0 Å². The van der Waals surface area contributed by atoms with Gasteiger partial charge < -0.3 is 5.32 Å². The molecule has 0 spiro atoms. The maximum Gasteiger partial charge on any atom is 0.148 e. The van der Waals surface area contributed by atoms with Gasteiger partial charge in [-0.05, 0) is 52.3 Å². The Morgan fingerprint density at radius 1 is 1.17 bits per heavy atom. The molecule has 1 N–H and O–H groups in total. The number of anilines is 2. The van der Waals surface area contributed by atoms with E-state index < -0.39 is 5.82 Å². The summed E-state index contributed by atoms with van der Waals surface area (Å²) in [7, 11) is 0. The molecule has 0 saturated carbocycles. The van der Waals surface area contributed by atoms with Crippen LogP contribution in [0.2, 0.25) is 5.02 Å². The smallest absolute Gasteiger partial charge is 0.148 e. The summed E-state index contributed by atoms with van der Waals surface area (Å²) in [5.41, 5.74) is 1.53. The molecule has 5 heteroatoms. The highest BCUT2D eigenvalue weighted by Gasteiger charge is 2.06. The molecule has 0 saturated heterocycles. The van der Waals surface area contributed by atoms with Crippen LogP contribution in [0.25, 0.3) is 0 Å². The summed E-state index contributed by atoms with van der Waals surface area (Å²) in [4.78, 5) is 0. The highest BCUT2D eigenvalue weighted by Crippen LogP contribution is 2.28. The second-order valence-corrected chi connectivity index (χ2v) is 4.85. The first-order valence-electron chi connectivity index (χ1n) is 5.02. The third kappa shape index (κ3) is 2.81. The maximum absolute atomic E-state index is 13.6. The predicted molar refractivity (Wildman–Crippen MR) is 73.5 cm³/mol. The molecule has 0 bridgehead atoms. The van der Waals surface area contributed by atoms with Crippen molar-refractivity contribution in [3.63, 3.8) is 0 Å². The van der Waals surface area contributed by atoms with Crippen LogP contribution < -0.4 is 5.32 Å². The minimum atomic E-state index is -0.432. The van der Waals surface area contributed by atoms with Gasteiger partial charge in [-0.3, -0.25) is 0 Å². The van der Waals surface area contributed by atoms with Gasteiger partial charge in [0.25, 0.3) is 0 Å². The van der Waals surface area contributed by atoms with Gasteiger partial charge in [0.2, 0.25) is 0 Å². The molecule has 2 nitrogen and oxygen atoms in total. The molecule has 0 aliphatic carbocycles. The molecule has 2 aromatic rings. The van der Waals surface area contributed by atoms with Crippen molar-refractivity contribution in [1.82, 2.24) is 0 Å². The summed E-state index contributed by atoms with van der Waals surface area (Å²) in [6.07, 6.45) is 0. The monoisotopic (exact) mass is 324 g/mol. The summed E-state index contributed by atoms with van der Waals surface area (Å²) in [5.74, 6) is -0.432. The van der Waals surface area contributed by atoms with Crippen molar-refractivity contribution in [3.8, 4) is 6.07 Å². The van der Waals surface area contributed by atoms with E-state index in [4.69, 9.17) is 16.9 Å². The van der Waals surface area contributed by atoms with Crippen LogP contribution in [0.3, 0.4) is 0 Å². The molecule has 0 atom stereocenters. The van der Waals surface area contributed by atoms with E-state index in [1.165, 1.54) is 6.07 Å². The van der Waals surface area contributed by atoms with Gasteiger partial charge in [0.1, 0.15) is 5.82 Å². The Bertz CT molecular complexity index is 637. The number of nitriles is 1. The zero-order valence-corrected chi connectivity index (χ0v) is 11.4. The van der Waals surface area contributed by atoms with Gasteiger partial charge in [-0.1, -0.05) is 11.6 Å². The molecule has 18 heavy (non-hydrogen) atoms. The van der Waals surface area contributed by atoms with E-state index in [9.17, 15) is 4.39 Å². The third-order valence-corrected chi connectivity index (χ3v) is 3.19. The van der Waals surface area contributed by atoms with Crippen molar-refractivity contribution in [3.05, 3.63) is 57.3 Å². The van der Waals surface area contributed by atoms with Crippen LogP contribution in [0.1, 0.15) is 5.56 Å². The number of halogens is 3. The molecular weight excluding hydrogens is 319 g/mol. The van der Waals surface area contributed by atoms with Crippen LogP contribution in [0.5, 0.6) is 0 Å². The standard InChI is InChI=1S/C13H7BrClFN2/c14-10-5-8(7-17)1-3-12(10)18-13-4-2-9(15)6-11(13)16/h1-6,18H. The van der Waals surface area contributed by atoms with Crippen LogP contribution in [0.15, 0.2) is 40.9 Å². The third-order valence-electron chi connectivity index (χ3n) is 2.30. The van der Waals surface area contributed by atoms with Gasteiger partial charge in [-0.25, -0.2) is 4.39 Å². The van der Waals surface area contributed by atoms with E-state index in [-0.39, 0.29) is 0 Å². The summed E-state index contributed by atoms with van der Waals surface area (Å²) < 4.78 is 14.3. The Balaban J connectivity index is 2.32. The number of benzene rings is 2. The molecule has 0 heterocycles. The first kappa shape index (κ1) is 12.9. The van der Waals surface area contributed by atoms with E-state index in [2.05, 4.69) is 21.2 Å². The lowest BCUT2D eigenvalue weighted by Gasteiger charge is -2.09. The number of rotatable bonds is 2. The molecule has 0 amide bonds. The first-order chi connectivity index (χ1) is 8.60.